The van der Waals surface area contributed by atoms with E-state index in [0.717, 1.165) is 0 Å². The van der Waals surface area contributed by atoms with Gasteiger partial charge < -0.3 is 14.9 Å². The van der Waals surface area contributed by atoms with Crippen molar-refractivity contribution in [1.29, 1.82) is 0 Å². The van der Waals surface area contributed by atoms with E-state index in [1.807, 2.05) is 0 Å². The maximum absolute atomic E-state index is 11.6. The number of nitrogens with zero attached hydrogens (tertiary/aromatic N) is 1. The molecule has 0 atom stereocenters. The number of hydrogen-bond acceptors (Lipinski definition) is 5. The summed E-state index contributed by atoms with van der Waals surface area (Å²) < 4.78 is 29.6. The van der Waals surface area contributed by atoms with Gasteiger partial charge in [-0.1, -0.05) is 0 Å². The van der Waals surface area contributed by atoms with E-state index in [-0.39, 0.29) is 32.4 Å². The van der Waals surface area contributed by atoms with Crippen LogP contribution in [0.3, 0.4) is 0 Å². The third-order valence-electron chi connectivity index (χ3n) is 2.55. The van der Waals surface area contributed by atoms with Crippen LogP contribution in [0.2, 0.25) is 0 Å². The molecule has 8 heteroatoms. The van der Waals surface area contributed by atoms with Crippen LogP contribution in [0.1, 0.15) is 12.8 Å². The van der Waals surface area contributed by atoms with E-state index in [1.54, 1.807) is 0 Å². The molecule has 0 spiro atoms. The van der Waals surface area contributed by atoms with Gasteiger partial charge in [-0.2, -0.15) is 0 Å². The smallest absolute Gasteiger partial charge is 0.320 e. The number of carboxylic acid groups (broad SMARTS) is 1. The maximum atomic E-state index is 11.6. The van der Waals surface area contributed by atoms with Crippen LogP contribution in [-0.2, 0) is 19.6 Å². The first kappa shape index (κ1) is 14.4. The largest absolute Gasteiger partial charge is 0.480 e. The van der Waals surface area contributed by atoms with Crippen molar-refractivity contribution in [3.05, 3.63) is 0 Å². The van der Waals surface area contributed by atoms with Gasteiger partial charge in [0, 0.05) is 13.1 Å². The number of piperidine rings is 1. The second kappa shape index (κ2) is 6.29. The van der Waals surface area contributed by atoms with Gasteiger partial charge in [-0.3, -0.25) is 4.79 Å². The highest BCUT2D eigenvalue weighted by molar-refractivity contribution is 7.89. The lowest BCUT2D eigenvalue weighted by Crippen LogP contribution is -2.43. The molecule has 1 aliphatic heterocycles. The summed E-state index contributed by atoms with van der Waals surface area (Å²) in [5.74, 6) is -2.21. The molecule has 1 saturated heterocycles. The lowest BCUT2D eigenvalue weighted by Gasteiger charge is -2.30. The molecule has 0 unspecified atom stereocenters. The molecule has 1 heterocycles. The normalized spacial score (nSPS) is 19.4. The van der Waals surface area contributed by atoms with Crippen molar-refractivity contribution in [3.63, 3.8) is 0 Å². The molecule has 0 radical (unpaired) electrons. The lowest BCUT2D eigenvalue weighted by molar-refractivity contribution is -0.134. The first-order valence-corrected chi connectivity index (χ1v) is 6.98. The molecule has 1 rings (SSSR count). The molecule has 7 nitrogen and oxygen atoms in total. The lowest BCUT2D eigenvalue weighted by atomic mass is 10.1. The summed E-state index contributed by atoms with van der Waals surface area (Å²) in [6, 6.07) is 0. The fraction of sp³-hybridized carbons (Fsp3) is 0.889. The van der Waals surface area contributed by atoms with E-state index in [4.69, 9.17) is 14.9 Å². The Morgan fingerprint density at radius 2 is 1.94 bits per heavy atom. The summed E-state index contributed by atoms with van der Waals surface area (Å²) in [5, 5.41) is 17.1. The predicted molar refractivity (Wildman–Crippen MR) is 59.1 cm³/mol. The molecule has 1 aliphatic rings. The molecular formula is C9H17NO6S. The number of hydrogen-bond donors (Lipinski definition) is 2. The van der Waals surface area contributed by atoms with Crippen LogP contribution in [0.5, 0.6) is 0 Å². The van der Waals surface area contributed by atoms with Crippen LogP contribution in [0.15, 0.2) is 0 Å². The highest BCUT2D eigenvalue weighted by Crippen LogP contribution is 2.16. The Balaban J connectivity index is 2.43. The highest BCUT2D eigenvalue weighted by Gasteiger charge is 2.29. The van der Waals surface area contributed by atoms with Crippen LogP contribution in [0.25, 0.3) is 0 Å². The Bertz CT molecular complexity index is 346. The van der Waals surface area contributed by atoms with Gasteiger partial charge in [-0.25, -0.2) is 12.7 Å². The van der Waals surface area contributed by atoms with Crippen LogP contribution in [-0.4, -0.2) is 67.1 Å². The molecule has 17 heavy (non-hydrogen) atoms. The molecule has 0 aromatic rings. The molecule has 0 aliphatic carbocycles. The molecule has 0 amide bonds. The van der Waals surface area contributed by atoms with E-state index < -0.39 is 21.7 Å². The summed E-state index contributed by atoms with van der Waals surface area (Å²) in [4.78, 5) is 10.4. The average Bonchev–Trinajstić information content (AvgIpc) is 2.25. The van der Waals surface area contributed by atoms with Crippen molar-refractivity contribution in [2.45, 2.75) is 18.9 Å². The van der Waals surface area contributed by atoms with Gasteiger partial charge in [0.25, 0.3) is 0 Å². The standard InChI is InChI=1S/C9H17NO6S/c11-5-6-16-8-1-3-10(4-2-8)17(14,15)7-9(12)13/h8,11H,1-7H2,(H,12,13). The van der Waals surface area contributed by atoms with Crippen LogP contribution < -0.4 is 0 Å². The molecular weight excluding hydrogens is 250 g/mol. The van der Waals surface area contributed by atoms with Crippen LogP contribution >= 0.6 is 0 Å². The maximum Gasteiger partial charge on any atom is 0.320 e. The zero-order valence-electron chi connectivity index (χ0n) is 9.41. The minimum atomic E-state index is -3.70. The van der Waals surface area contributed by atoms with Crippen LogP contribution in [0.4, 0.5) is 0 Å². The van der Waals surface area contributed by atoms with Gasteiger partial charge in [0.05, 0.1) is 19.3 Å². The molecule has 0 saturated carbocycles. The fourth-order valence-electron chi connectivity index (χ4n) is 1.74. The Labute approximate surface area is 100 Å². The number of carboxylic acids is 1. The Kier molecular flexibility index (Phi) is 5.31. The van der Waals surface area contributed by atoms with Crippen LogP contribution in [0, 0.1) is 0 Å². The number of sulfonamides is 1. The first-order chi connectivity index (χ1) is 7.95. The van der Waals surface area contributed by atoms with Crippen molar-refractivity contribution in [3.8, 4) is 0 Å². The molecule has 0 aromatic heterocycles. The molecule has 100 valence electrons. The topological polar surface area (TPSA) is 104 Å². The SMILES string of the molecule is O=C(O)CS(=O)(=O)N1CCC(OCCO)CC1. The van der Waals surface area contributed by atoms with Gasteiger partial charge >= 0.3 is 5.97 Å². The number of ether oxygens (including phenoxy) is 1. The summed E-state index contributed by atoms with van der Waals surface area (Å²) in [5.41, 5.74) is 0. The highest BCUT2D eigenvalue weighted by atomic mass is 32.2. The number of carbonyl (C=O) groups is 1. The minimum Gasteiger partial charge on any atom is -0.480 e. The zero-order chi connectivity index (χ0) is 12.9. The molecule has 0 aromatic carbocycles. The van der Waals surface area contributed by atoms with E-state index >= 15 is 0 Å². The number of aliphatic hydroxyl groups is 1. The Hall–Kier alpha value is -0.700. The van der Waals surface area contributed by atoms with E-state index in [2.05, 4.69) is 0 Å². The van der Waals surface area contributed by atoms with Gasteiger partial charge in [-0.15, -0.1) is 0 Å². The van der Waals surface area contributed by atoms with E-state index in [9.17, 15) is 13.2 Å². The van der Waals surface area contributed by atoms with E-state index in [1.165, 1.54) is 4.31 Å². The summed E-state index contributed by atoms with van der Waals surface area (Å²) >= 11 is 0. The number of rotatable bonds is 6. The molecule has 0 bridgehead atoms. The van der Waals surface area contributed by atoms with Crippen molar-refractivity contribution in [1.82, 2.24) is 4.31 Å². The second-order valence-electron chi connectivity index (χ2n) is 3.84. The van der Waals surface area contributed by atoms with E-state index in [0.29, 0.717) is 12.8 Å². The average molecular weight is 267 g/mol. The van der Waals surface area contributed by atoms with Crippen molar-refractivity contribution in [2.24, 2.45) is 0 Å². The van der Waals surface area contributed by atoms with Crippen molar-refractivity contribution in [2.75, 3.05) is 32.1 Å². The van der Waals surface area contributed by atoms with Gasteiger partial charge in [0.2, 0.25) is 10.0 Å². The molecule has 1 fully saturated rings. The summed E-state index contributed by atoms with van der Waals surface area (Å²) in [6.45, 7) is 0.724. The third-order valence-corrected chi connectivity index (χ3v) is 4.31. The van der Waals surface area contributed by atoms with Gasteiger partial charge in [0.15, 0.2) is 5.75 Å². The quantitative estimate of drug-likeness (QED) is 0.631. The Morgan fingerprint density at radius 1 is 1.35 bits per heavy atom. The number of aliphatic carboxylic acids is 1. The number of aliphatic hydroxyl groups excluding tert-OH is 1. The van der Waals surface area contributed by atoms with Gasteiger partial charge in [-0.05, 0) is 12.8 Å². The minimum absolute atomic E-state index is 0.0570. The monoisotopic (exact) mass is 267 g/mol. The Morgan fingerprint density at radius 3 is 2.41 bits per heavy atom. The second-order valence-corrected chi connectivity index (χ2v) is 5.81. The van der Waals surface area contributed by atoms with Crippen molar-refractivity contribution >= 4 is 16.0 Å². The third kappa shape index (κ3) is 4.58. The van der Waals surface area contributed by atoms with Crippen molar-refractivity contribution < 1.29 is 28.2 Å². The zero-order valence-corrected chi connectivity index (χ0v) is 10.2. The summed E-state index contributed by atoms with van der Waals surface area (Å²) in [6.07, 6.45) is 0.996. The van der Waals surface area contributed by atoms with Gasteiger partial charge in [0.1, 0.15) is 0 Å². The summed E-state index contributed by atoms with van der Waals surface area (Å²) in [7, 11) is -3.70. The predicted octanol–water partition coefficient (Wildman–Crippen LogP) is -1.13. The molecule has 2 N–H and O–H groups in total. The fourth-order valence-corrected chi connectivity index (χ4v) is 3.01. The first-order valence-electron chi connectivity index (χ1n) is 5.38.